The van der Waals surface area contributed by atoms with E-state index in [0.717, 1.165) is 30.4 Å². The predicted molar refractivity (Wildman–Crippen MR) is 251 cm³/mol. The number of ether oxygens (including phenoxy) is 1. The van der Waals surface area contributed by atoms with Crippen molar-refractivity contribution in [3.63, 3.8) is 0 Å². The van der Waals surface area contributed by atoms with E-state index in [1.54, 1.807) is 49.4 Å². The highest BCUT2D eigenvalue weighted by Gasteiger charge is 2.46. The molecule has 0 aromatic heterocycles. The van der Waals surface area contributed by atoms with Crippen LogP contribution in [0.15, 0.2) is 84.9 Å². The van der Waals surface area contributed by atoms with Gasteiger partial charge in [0.1, 0.15) is 24.1 Å². The van der Waals surface area contributed by atoms with E-state index in [9.17, 15) is 34.3 Å². The number of likely N-dealkylation sites (N-methyl/N-ethyl adjacent to an activating group) is 1. The third-order valence-electron chi connectivity index (χ3n) is 12.9. The van der Waals surface area contributed by atoms with Crippen LogP contribution >= 0.6 is 0 Å². The molecule has 12 nitrogen and oxygen atoms in total. The lowest BCUT2D eigenvalue weighted by molar-refractivity contribution is -0.142. The lowest BCUT2D eigenvalue weighted by atomic mass is 9.87. The van der Waals surface area contributed by atoms with Gasteiger partial charge >= 0.3 is 0 Å². The summed E-state index contributed by atoms with van der Waals surface area (Å²) in [6, 6.07) is 25.8. The van der Waals surface area contributed by atoms with Crippen LogP contribution < -0.4 is 21.5 Å². The molecule has 0 spiro atoms. The van der Waals surface area contributed by atoms with Gasteiger partial charge in [-0.3, -0.25) is 24.0 Å². The van der Waals surface area contributed by atoms with Crippen LogP contribution in [-0.4, -0.2) is 72.0 Å². The molecule has 65 heavy (non-hydrogen) atoms. The first-order valence-electron chi connectivity index (χ1n) is 23.1. The number of ketones is 3. The molecule has 342 valence electrons. The fourth-order valence-corrected chi connectivity index (χ4v) is 8.71. The number of phenols is 1. The van der Waals surface area contributed by atoms with E-state index in [-0.39, 0.29) is 56.2 Å². The summed E-state index contributed by atoms with van der Waals surface area (Å²) >= 11 is 0. The van der Waals surface area contributed by atoms with E-state index in [0.29, 0.717) is 72.2 Å². The lowest BCUT2D eigenvalue weighted by Crippen LogP contribution is -2.46. The summed E-state index contributed by atoms with van der Waals surface area (Å²) in [5, 5.41) is 24.0. The summed E-state index contributed by atoms with van der Waals surface area (Å²) in [7, 11) is 1.54. The number of phenolic OH excluding ortho intramolecular Hbond substituents is 1. The summed E-state index contributed by atoms with van der Waals surface area (Å²) in [6.45, 7) is 4.55. The number of benzene rings is 4. The minimum Gasteiger partial charge on any atom is -0.507 e. The standard InChI is InChI=1S/C53H63N5O7/c1-4-5-8-35-10-13-37(14-11-35)38-15-17-39(18-16-38)46(60)31-41(9-6-7-24-54)52(64)58(3)50-40-19-21-49(65-26-25-55)43(30-40)42-28-36(12-20-45(42)59)29-44(48(62)32-53(33-56)22-23-53)57-51(63)34(2)27-47(50)61/h10-21,28,30,34,41,44,50,59H,4-9,22-27,29,31-32,54-55H2,1-3H3,(H,57,63)/t34-,41-,44+,50+/m1/s1. The van der Waals surface area contributed by atoms with Gasteiger partial charge < -0.3 is 31.5 Å². The number of carbonyl (C=O) groups is 5. The van der Waals surface area contributed by atoms with Crippen molar-refractivity contribution in [2.75, 3.05) is 26.7 Å². The quantitative estimate of drug-likeness (QED) is 0.0531. The van der Waals surface area contributed by atoms with Crippen LogP contribution in [0.1, 0.15) is 111 Å². The number of unbranched alkanes of at least 4 members (excludes halogenated alkanes) is 2. The summed E-state index contributed by atoms with van der Waals surface area (Å²) in [6.07, 6.45) is 5.76. The fraction of sp³-hybridized carbons (Fsp3) is 0.434. The van der Waals surface area contributed by atoms with Crippen LogP contribution in [0.2, 0.25) is 0 Å². The van der Waals surface area contributed by atoms with E-state index in [4.69, 9.17) is 16.2 Å². The highest BCUT2D eigenvalue weighted by molar-refractivity contribution is 6.00. The Morgan fingerprint density at radius 3 is 2.26 bits per heavy atom. The number of amides is 2. The summed E-state index contributed by atoms with van der Waals surface area (Å²) in [4.78, 5) is 72.6. The Morgan fingerprint density at radius 1 is 0.908 bits per heavy atom. The zero-order valence-electron chi connectivity index (χ0n) is 37.9. The van der Waals surface area contributed by atoms with Crippen molar-refractivity contribution in [3.8, 4) is 39.8 Å². The fourth-order valence-electron chi connectivity index (χ4n) is 8.71. The average Bonchev–Trinajstić information content (AvgIpc) is 4.09. The van der Waals surface area contributed by atoms with E-state index in [2.05, 4.69) is 42.6 Å². The van der Waals surface area contributed by atoms with Crippen molar-refractivity contribution in [1.29, 1.82) is 5.26 Å². The number of nitrogens with two attached hydrogens (primary N) is 2. The molecule has 4 aromatic carbocycles. The van der Waals surface area contributed by atoms with Crippen LogP contribution in [0.4, 0.5) is 0 Å². The number of fused-ring (bicyclic) bond motifs is 5. The molecule has 0 saturated heterocycles. The number of nitriles is 1. The molecule has 6 N–H and O–H groups in total. The Hall–Kier alpha value is -6.16. The normalized spacial score (nSPS) is 18.4. The number of nitrogens with zero attached hydrogens (tertiary/aromatic N) is 2. The van der Waals surface area contributed by atoms with E-state index in [1.165, 1.54) is 23.6 Å². The Morgan fingerprint density at radius 2 is 1.62 bits per heavy atom. The molecule has 2 aliphatic rings. The number of aryl methyl sites for hydroxylation is 1. The molecule has 0 unspecified atom stereocenters. The van der Waals surface area contributed by atoms with Crippen molar-refractivity contribution < 1.29 is 33.8 Å². The molecule has 1 saturated carbocycles. The highest BCUT2D eigenvalue weighted by Crippen LogP contribution is 2.48. The number of rotatable bonds is 19. The Labute approximate surface area is 382 Å². The maximum atomic E-state index is 14.8. The topological polar surface area (TPSA) is 206 Å². The second kappa shape index (κ2) is 22.2. The molecule has 0 radical (unpaired) electrons. The number of nitrogens with one attached hydrogen (secondary N) is 1. The average molecular weight is 882 g/mol. The third-order valence-corrected chi connectivity index (χ3v) is 12.9. The molecule has 6 rings (SSSR count). The minimum atomic E-state index is -1.21. The molecular formula is C53H63N5O7. The Balaban J connectivity index is 1.33. The second-order valence-electron chi connectivity index (χ2n) is 18.0. The first-order chi connectivity index (χ1) is 31.3. The van der Waals surface area contributed by atoms with Crippen LogP contribution in [0.5, 0.6) is 11.5 Å². The van der Waals surface area contributed by atoms with Gasteiger partial charge in [0.15, 0.2) is 17.3 Å². The summed E-state index contributed by atoms with van der Waals surface area (Å²) in [5.41, 5.74) is 16.5. The van der Waals surface area contributed by atoms with Crippen molar-refractivity contribution in [3.05, 3.63) is 107 Å². The molecule has 4 atom stereocenters. The Bertz CT molecular complexity index is 2380. The molecule has 4 aromatic rings. The molecule has 1 aliphatic heterocycles. The lowest BCUT2D eigenvalue weighted by Gasteiger charge is -2.32. The molecule has 1 fully saturated rings. The molecule has 1 heterocycles. The predicted octanol–water partition coefficient (Wildman–Crippen LogP) is 7.82. The smallest absolute Gasteiger partial charge is 0.226 e. The number of hydrogen-bond donors (Lipinski definition) is 4. The second-order valence-corrected chi connectivity index (χ2v) is 18.0. The maximum Gasteiger partial charge on any atom is 0.226 e. The van der Waals surface area contributed by atoms with Gasteiger partial charge in [-0.1, -0.05) is 87.4 Å². The third kappa shape index (κ3) is 12.1. The van der Waals surface area contributed by atoms with Gasteiger partial charge in [0.05, 0.1) is 17.5 Å². The van der Waals surface area contributed by atoms with Gasteiger partial charge in [-0.2, -0.15) is 5.26 Å². The van der Waals surface area contributed by atoms with Crippen molar-refractivity contribution in [1.82, 2.24) is 10.2 Å². The molecule has 4 bridgehead atoms. The maximum absolute atomic E-state index is 14.8. The summed E-state index contributed by atoms with van der Waals surface area (Å²) in [5.74, 6) is -3.30. The van der Waals surface area contributed by atoms with Crippen LogP contribution in [0.3, 0.4) is 0 Å². The van der Waals surface area contributed by atoms with Crippen molar-refractivity contribution in [2.24, 2.45) is 28.7 Å². The zero-order chi connectivity index (χ0) is 46.7. The van der Waals surface area contributed by atoms with E-state index < -0.39 is 46.9 Å². The van der Waals surface area contributed by atoms with Crippen molar-refractivity contribution in [2.45, 2.75) is 103 Å². The van der Waals surface area contributed by atoms with Crippen LogP contribution in [0, 0.1) is 28.6 Å². The SMILES string of the molecule is CCCCc1ccc(-c2ccc(C(=O)C[C@@H](CCCCN)C(=O)N(C)[C@@H]3C(=O)C[C@@H](C)C(=O)N[C@H](C(=O)CC4(C#N)CC4)Cc4ccc(O)c(c4)-c4cc3ccc4OCCN)cc2)cc1. The molecule has 12 heteroatoms. The largest absolute Gasteiger partial charge is 0.507 e. The number of Topliss-reactive ketones (excluding diaryl/α,β-unsaturated/α-hetero) is 3. The number of aromatic hydroxyl groups is 1. The zero-order valence-corrected chi connectivity index (χ0v) is 37.9. The molecule has 1 aliphatic carbocycles. The highest BCUT2D eigenvalue weighted by atomic mass is 16.5. The van der Waals surface area contributed by atoms with Crippen LogP contribution in [-0.2, 0) is 32.0 Å². The summed E-state index contributed by atoms with van der Waals surface area (Å²) < 4.78 is 6.06. The van der Waals surface area contributed by atoms with E-state index in [1.807, 2.05) is 12.1 Å². The van der Waals surface area contributed by atoms with Gasteiger partial charge in [0.2, 0.25) is 11.8 Å². The van der Waals surface area contributed by atoms with Gasteiger partial charge in [0, 0.05) is 61.4 Å². The minimum absolute atomic E-state index is 0.0191. The first kappa shape index (κ1) is 48.3. The molecular weight excluding hydrogens is 819 g/mol. The molecule has 2 amide bonds. The number of carbonyl (C=O) groups excluding carboxylic acids is 5. The van der Waals surface area contributed by atoms with Gasteiger partial charge in [-0.25, -0.2) is 0 Å². The van der Waals surface area contributed by atoms with Crippen molar-refractivity contribution >= 4 is 29.2 Å². The van der Waals surface area contributed by atoms with E-state index >= 15 is 0 Å². The van der Waals surface area contributed by atoms with Gasteiger partial charge in [0.25, 0.3) is 0 Å². The van der Waals surface area contributed by atoms with Gasteiger partial charge in [-0.15, -0.1) is 0 Å². The number of hydrogen-bond acceptors (Lipinski definition) is 10. The monoisotopic (exact) mass is 881 g/mol. The Kier molecular flexibility index (Phi) is 16.5. The van der Waals surface area contributed by atoms with Crippen LogP contribution in [0.25, 0.3) is 22.3 Å². The van der Waals surface area contributed by atoms with Gasteiger partial charge in [-0.05, 0) is 104 Å². The first-order valence-corrected chi connectivity index (χ1v) is 23.1.